The Morgan fingerprint density at radius 3 is 2.59 bits per heavy atom. The topological polar surface area (TPSA) is 77.9 Å². The van der Waals surface area contributed by atoms with Crippen molar-refractivity contribution in [1.82, 2.24) is 4.90 Å². The highest BCUT2D eigenvalue weighted by Gasteiger charge is 2.39. The van der Waals surface area contributed by atoms with Gasteiger partial charge in [-0.05, 0) is 43.5 Å². The van der Waals surface area contributed by atoms with Gasteiger partial charge >= 0.3 is 5.97 Å². The lowest BCUT2D eigenvalue weighted by Crippen LogP contribution is -2.40. The summed E-state index contributed by atoms with van der Waals surface area (Å²) in [7, 11) is 1.41. The van der Waals surface area contributed by atoms with Gasteiger partial charge in [-0.3, -0.25) is 14.4 Å². The number of aryl methyl sites for hydroxylation is 2. The zero-order valence-corrected chi connectivity index (χ0v) is 13.0. The summed E-state index contributed by atoms with van der Waals surface area (Å²) in [5.74, 6) is -2.57. The summed E-state index contributed by atoms with van der Waals surface area (Å²) in [5, 5.41) is 8.74. The highest BCUT2D eigenvalue weighted by Crippen LogP contribution is 2.27. The molecule has 1 fully saturated rings. The fourth-order valence-corrected chi connectivity index (χ4v) is 2.61. The number of rotatable bonds is 4. The van der Waals surface area contributed by atoms with Crippen molar-refractivity contribution < 1.29 is 19.5 Å². The standard InChI is InChI=1S/C16H20N2O4/c1-10-4-5-12(8-11(10)2)18-7-6-13(16(18)22)15(21)17(3)9-14(19)20/h4-5,8,13H,6-7,9H2,1-3H3,(H,19,20)/t13-/m1/s1. The minimum Gasteiger partial charge on any atom is -0.480 e. The maximum atomic E-state index is 12.5. The molecule has 0 spiro atoms. The van der Waals surface area contributed by atoms with Crippen LogP contribution in [0.5, 0.6) is 0 Å². The minimum atomic E-state index is -1.09. The molecule has 22 heavy (non-hydrogen) atoms. The normalized spacial score (nSPS) is 17.7. The van der Waals surface area contributed by atoms with E-state index in [1.165, 1.54) is 7.05 Å². The Kier molecular flexibility index (Phi) is 4.49. The molecule has 1 aliphatic rings. The minimum absolute atomic E-state index is 0.259. The first-order valence-electron chi connectivity index (χ1n) is 7.16. The van der Waals surface area contributed by atoms with Gasteiger partial charge in [-0.1, -0.05) is 6.07 Å². The summed E-state index contributed by atoms with van der Waals surface area (Å²) in [5.41, 5.74) is 3.01. The van der Waals surface area contributed by atoms with Crippen molar-refractivity contribution in [3.05, 3.63) is 29.3 Å². The molecule has 2 rings (SSSR count). The van der Waals surface area contributed by atoms with E-state index in [1.54, 1.807) is 4.90 Å². The van der Waals surface area contributed by atoms with Gasteiger partial charge in [0.15, 0.2) is 0 Å². The molecule has 6 nitrogen and oxygen atoms in total. The van der Waals surface area contributed by atoms with Gasteiger partial charge < -0.3 is 14.9 Å². The van der Waals surface area contributed by atoms with Gasteiger partial charge in [-0.15, -0.1) is 0 Å². The van der Waals surface area contributed by atoms with Crippen LogP contribution in [0.1, 0.15) is 17.5 Å². The molecule has 1 atom stereocenters. The second-order valence-electron chi connectivity index (χ2n) is 5.69. The molecule has 0 unspecified atom stereocenters. The molecule has 1 saturated heterocycles. The lowest BCUT2D eigenvalue weighted by Gasteiger charge is -2.20. The molecule has 1 aromatic carbocycles. The zero-order valence-electron chi connectivity index (χ0n) is 13.0. The number of hydrogen-bond donors (Lipinski definition) is 1. The van der Waals surface area contributed by atoms with Gasteiger partial charge in [-0.25, -0.2) is 0 Å². The van der Waals surface area contributed by atoms with E-state index in [2.05, 4.69) is 0 Å². The lowest BCUT2D eigenvalue weighted by molar-refractivity contribution is -0.146. The average molecular weight is 304 g/mol. The van der Waals surface area contributed by atoms with Crippen molar-refractivity contribution in [3.63, 3.8) is 0 Å². The summed E-state index contributed by atoms with van der Waals surface area (Å²) in [4.78, 5) is 38.0. The second kappa shape index (κ2) is 6.17. The third-order valence-electron chi connectivity index (χ3n) is 4.05. The number of anilines is 1. The van der Waals surface area contributed by atoms with Gasteiger partial charge in [0.1, 0.15) is 12.5 Å². The van der Waals surface area contributed by atoms with Gasteiger partial charge in [0.25, 0.3) is 0 Å². The van der Waals surface area contributed by atoms with Crippen LogP contribution in [0.25, 0.3) is 0 Å². The first-order chi connectivity index (χ1) is 10.3. The van der Waals surface area contributed by atoms with Crippen LogP contribution in [0.15, 0.2) is 18.2 Å². The Morgan fingerprint density at radius 1 is 1.32 bits per heavy atom. The van der Waals surface area contributed by atoms with Crippen LogP contribution >= 0.6 is 0 Å². The summed E-state index contributed by atoms with van der Waals surface area (Å²) >= 11 is 0. The van der Waals surface area contributed by atoms with Crippen molar-refractivity contribution in [2.75, 3.05) is 25.0 Å². The van der Waals surface area contributed by atoms with E-state index in [0.29, 0.717) is 13.0 Å². The number of likely N-dealkylation sites (N-methyl/N-ethyl adjacent to an activating group) is 1. The van der Waals surface area contributed by atoms with E-state index in [-0.39, 0.29) is 5.91 Å². The number of carboxylic acids is 1. The molecular weight excluding hydrogens is 284 g/mol. The number of benzene rings is 1. The van der Waals surface area contributed by atoms with Crippen LogP contribution in [0, 0.1) is 19.8 Å². The molecule has 1 aromatic rings. The first kappa shape index (κ1) is 16.0. The van der Waals surface area contributed by atoms with E-state index in [4.69, 9.17) is 5.11 Å². The number of hydrogen-bond acceptors (Lipinski definition) is 3. The Bertz CT molecular complexity index is 627. The van der Waals surface area contributed by atoms with Crippen molar-refractivity contribution >= 4 is 23.5 Å². The molecule has 2 amide bonds. The summed E-state index contributed by atoms with van der Waals surface area (Å²) in [6, 6.07) is 5.75. The number of carbonyl (C=O) groups excluding carboxylic acids is 2. The highest BCUT2D eigenvalue weighted by molar-refractivity contribution is 6.09. The molecule has 1 N–H and O–H groups in total. The average Bonchev–Trinajstić information content (AvgIpc) is 2.82. The smallest absolute Gasteiger partial charge is 0.323 e. The maximum absolute atomic E-state index is 12.5. The molecule has 118 valence electrons. The molecule has 6 heteroatoms. The summed E-state index contributed by atoms with van der Waals surface area (Å²) in [6.07, 6.45) is 0.411. The van der Waals surface area contributed by atoms with Gasteiger partial charge in [0.2, 0.25) is 11.8 Å². The number of amides is 2. The molecular formula is C16H20N2O4. The number of aliphatic carboxylic acids is 1. The fraction of sp³-hybridized carbons (Fsp3) is 0.438. The number of nitrogens with zero attached hydrogens (tertiary/aromatic N) is 2. The van der Waals surface area contributed by atoms with Crippen molar-refractivity contribution in [1.29, 1.82) is 0 Å². The number of carbonyl (C=O) groups is 3. The van der Waals surface area contributed by atoms with Crippen LogP contribution < -0.4 is 4.90 Å². The summed E-state index contributed by atoms with van der Waals surface area (Å²) in [6.45, 7) is 4.05. The van der Waals surface area contributed by atoms with Crippen LogP contribution in [-0.2, 0) is 14.4 Å². The first-order valence-corrected chi connectivity index (χ1v) is 7.16. The number of carboxylic acid groups (broad SMARTS) is 1. The molecule has 0 radical (unpaired) electrons. The Labute approximate surface area is 129 Å². The Balaban J connectivity index is 2.13. The third-order valence-corrected chi connectivity index (χ3v) is 4.05. The molecule has 1 heterocycles. The van der Waals surface area contributed by atoms with Crippen LogP contribution in [-0.4, -0.2) is 47.9 Å². The lowest BCUT2D eigenvalue weighted by atomic mass is 10.1. The molecule has 0 bridgehead atoms. The van der Waals surface area contributed by atoms with Gasteiger partial charge in [-0.2, -0.15) is 0 Å². The Morgan fingerprint density at radius 2 is 2.00 bits per heavy atom. The van der Waals surface area contributed by atoms with E-state index < -0.39 is 24.3 Å². The van der Waals surface area contributed by atoms with Crippen molar-refractivity contribution in [2.45, 2.75) is 20.3 Å². The predicted molar refractivity (Wildman–Crippen MR) is 81.6 cm³/mol. The van der Waals surface area contributed by atoms with Crippen LogP contribution in [0.4, 0.5) is 5.69 Å². The van der Waals surface area contributed by atoms with E-state index in [0.717, 1.165) is 21.7 Å². The molecule has 0 aliphatic carbocycles. The van der Waals surface area contributed by atoms with Gasteiger partial charge in [0, 0.05) is 19.3 Å². The van der Waals surface area contributed by atoms with Crippen LogP contribution in [0.2, 0.25) is 0 Å². The van der Waals surface area contributed by atoms with Crippen LogP contribution in [0.3, 0.4) is 0 Å². The van der Waals surface area contributed by atoms with Crippen molar-refractivity contribution in [2.24, 2.45) is 5.92 Å². The van der Waals surface area contributed by atoms with Gasteiger partial charge in [0.05, 0.1) is 0 Å². The second-order valence-corrected chi connectivity index (χ2v) is 5.69. The SMILES string of the molecule is Cc1ccc(N2CC[C@H](C(=O)N(C)CC(=O)O)C2=O)cc1C. The van der Waals surface area contributed by atoms with Crippen molar-refractivity contribution in [3.8, 4) is 0 Å². The van der Waals surface area contributed by atoms with E-state index >= 15 is 0 Å². The molecule has 0 aromatic heterocycles. The fourth-order valence-electron chi connectivity index (χ4n) is 2.61. The van der Waals surface area contributed by atoms with E-state index in [1.807, 2.05) is 32.0 Å². The highest BCUT2D eigenvalue weighted by atomic mass is 16.4. The summed E-state index contributed by atoms with van der Waals surface area (Å²) < 4.78 is 0. The zero-order chi connectivity index (χ0) is 16.4. The maximum Gasteiger partial charge on any atom is 0.323 e. The largest absolute Gasteiger partial charge is 0.480 e. The van der Waals surface area contributed by atoms with E-state index in [9.17, 15) is 14.4 Å². The quantitative estimate of drug-likeness (QED) is 0.848. The third kappa shape index (κ3) is 3.10. The monoisotopic (exact) mass is 304 g/mol. The molecule has 1 aliphatic heterocycles. The predicted octanol–water partition coefficient (Wildman–Crippen LogP) is 1.20. The Hall–Kier alpha value is -2.37. The molecule has 0 saturated carbocycles.